The monoisotopic (exact) mass is 636 g/mol. The van der Waals surface area contributed by atoms with Crippen molar-refractivity contribution in [3.05, 3.63) is 113 Å². The Morgan fingerprint density at radius 2 is 1.60 bits per heavy atom. The van der Waals surface area contributed by atoms with Crippen molar-refractivity contribution in [1.29, 1.82) is 0 Å². The van der Waals surface area contributed by atoms with Crippen LogP contribution >= 0.6 is 0 Å². The van der Waals surface area contributed by atoms with Crippen LogP contribution in [0.15, 0.2) is 79.0 Å². The number of carbonyl (C=O) groups excluding carboxylic acids is 1. The average molecular weight is 637 g/mol. The summed E-state index contributed by atoms with van der Waals surface area (Å²) in [7, 11) is 1.66. The van der Waals surface area contributed by atoms with Crippen molar-refractivity contribution in [2.75, 3.05) is 7.11 Å². The van der Waals surface area contributed by atoms with Crippen LogP contribution in [0.1, 0.15) is 85.9 Å². The first-order chi connectivity index (χ1) is 22.1. The Kier molecular flexibility index (Phi) is 9.38. The van der Waals surface area contributed by atoms with E-state index in [0.29, 0.717) is 17.8 Å². The fraction of sp³-hybridized carbons (Fsp3) is 0.410. The van der Waals surface area contributed by atoms with Crippen molar-refractivity contribution in [1.82, 2.24) is 20.0 Å². The number of aliphatic carboxylic acids is 1. The van der Waals surface area contributed by atoms with E-state index < -0.39 is 35.4 Å². The molecule has 2 heterocycles. The SMILES string of the molecule is COc1ccc(C(C)(C)C)cc1CN[C@H]1[C@H](C(C)(C)C)[C@@H](C(=O)O)N(C(=O)c2cnn(-c3ccccc3C)c2C)[C@H]1c1ccccc1. The Morgan fingerprint density at radius 3 is 2.19 bits per heavy atom. The largest absolute Gasteiger partial charge is 0.496 e. The summed E-state index contributed by atoms with van der Waals surface area (Å²) in [5.74, 6) is -1.05. The Balaban J connectivity index is 1.64. The van der Waals surface area contributed by atoms with E-state index in [-0.39, 0.29) is 11.3 Å². The van der Waals surface area contributed by atoms with Crippen molar-refractivity contribution in [3.8, 4) is 11.4 Å². The molecular weight excluding hydrogens is 588 g/mol. The number of carboxylic acid groups (broad SMARTS) is 1. The van der Waals surface area contributed by atoms with Crippen LogP contribution in [-0.4, -0.2) is 50.9 Å². The maximum atomic E-state index is 14.8. The second-order valence-electron chi connectivity index (χ2n) is 14.8. The van der Waals surface area contributed by atoms with E-state index in [4.69, 9.17) is 4.74 Å². The summed E-state index contributed by atoms with van der Waals surface area (Å²) in [4.78, 5) is 29.8. The van der Waals surface area contributed by atoms with Crippen molar-refractivity contribution in [2.45, 2.75) is 85.5 Å². The van der Waals surface area contributed by atoms with Gasteiger partial charge in [0.2, 0.25) is 0 Å². The minimum Gasteiger partial charge on any atom is -0.496 e. The van der Waals surface area contributed by atoms with Gasteiger partial charge in [0.1, 0.15) is 11.8 Å². The fourth-order valence-electron chi connectivity index (χ4n) is 7.12. The van der Waals surface area contributed by atoms with Gasteiger partial charge in [0.25, 0.3) is 5.91 Å². The predicted octanol–water partition coefficient (Wildman–Crippen LogP) is 7.27. The highest BCUT2D eigenvalue weighted by molar-refractivity contribution is 5.98. The smallest absolute Gasteiger partial charge is 0.326 e. The number of carboxylic acids is 1. The van der Waals surface area contributed by atoms with E-state index in [9.17, 15) is 14.7 Å². The highest BCUT2D eigenvalue weighted by atomic mass is 16.5. The molecule has 248 valence electrons. The molecule has 8 heteroatoms. The molecule has 1 amide bonds. The molecule has 0 radical (unpaired) electrons. The molecule has 0 saturated carbocycles. The van der Waals surface area contributed by atoms with Crippen LogP contribution < -0.4 is 10.1 Å². The van der Waals surface area contributed by atoms with Crippen LogP contribution in [0.25, 0.3) is 5.69 Å². The molecule has 4 atom stereocenters. The minimum atomic E-state index is -1.09. The maximum Gasteiger partial charge on any atom is 0.326 e. The van der Waals surface area contributed by atoms with Crippen molar-refractivity contribution in [2.24, 2.45) is 11.3 Å². The maximum absolute atomic E-state index is 14.8. The third kappa shape index (κ3) is 6.57. The van der Waals surface area contributed by atoms with Gasteiger partial charge >= 0.3 is 5.97 Å². The lowest BCUT2D eigenvalue weighted by Crippen LogP contribution is -2.48. The lowest BCUT2D eigenvalue weighted by atomic mass is 9.72. The van der Waals surface area contributed by atoms with Crippen LogP contribution in [0.5, 0.6) is 5.75 Å². The summed E-state index contributed by atoms with van der Waals surface area (Å²) < 4.78 is 7.52. The number of aromatic nitrogens is 2. The van der Waals surface area contributed by atoms with E-state index in [1.807, 2.05) is 74.5 Å². The third-order valence-corrected chi connectivity index (χ3v) is 9.55. The topological polar surface area (TPSA) is 96.7 Å². The zero-order chi connectivity index (χ0) is 34.3. The number of para-hydroxylation sites is 1. The molecule has 1 aliphatic heterocycles. The molecule has 47 heavy (non-hydrogen) atoms. The van der Waals surface area contributed by atoms with Crippen molar-refractivity contribution >= 4 is 11.9 Å². The Labute approximate surface area is 278 Å². The standard InChI is InChI=1S/C39H48N4O4/c1-24-15-13-14-18-30(24)43-25(2)29(23-41-43)36(44)42-34(26-16-11-10-12-17-26)33(32(39(6,7)8)35(42)37(45)46)40-22-27-21-28(38(3,4)5)19-20-31(27)47-9/h10-21,23,32-35,40H,22H2,1-9H3,(H,45,46)/t32-,33-,34-,35-/m0/s1. The summed E-state index contributed by atoms with van der Waals surface area (Å²) in [6.07, 6.45) is 1.57. The summed E-state index contributed by atoms with van der Waals surface area (Å²) in [6.45, 7) is 17.0. The van der Waals surface area contributed by atoms with E-state index in [1.165, 1.54) is 5.56 Å². The first-order valence-corrected chi connectivity index (χ1v) is 16.3. The Hall–Kier alpha value is -4.43. The lowest BCUT2D eigenvalue weighted by molar-refractivity contribution is -0.144. The van der Waals surface area contributed by atoms with Gasteiger partial charge in [-0.15, -0.1) is 0 Å². The van der Waals surface area contributed by atoms with Gasteiger partial charge in [0.05, 0.1) is 36.3 Å². The molecule has 4 aromatic rings. The van der Waals surface area contributed by atoms with E-state index in [2.05, 4.69) is 64.1 Å². The van der Waals surface area contributed by atoms with Crippen molar-refractivity contribution in [3.63, 3.8) is 0 Å². The number of hydrogen-bond acceptors (Lipinski definition) is 5. The number of aryl methyl sites for hydroxylation is 1. The van der Waals surface area contributed by atoms with Gasteiger partial charge in [-0.05, 0) is 53.5 Å². The fourth-order valence-corrected chi connectivity index (χ4v) is 7.12. The number of nitrogens with one attached hydrogen (secondary N) is 1. The molecule has 1 aromatic heterocycles. The summed E-state index contributed by atoms with van der Waals surface area (Å²) in [5, 5.41) is 19.3. The Bertz CT molecular complexity index is 1750. The number of likely N-dealkylation sites (tertiary alicyclic amines) is 1. The molecule has 0 bridgehead atoms. The van der Waals surface area contributed by atoms with Gasteiger partial charge in [0.15, 0.2) is 0 Å². The van der Waals surface area contributed by atoms with E-state index in [1.54, 1.807) is 22.9 Å². The van der Waals surface area contributed by atoms with Crippen LogP contribution in [0, 0.1) is 25.2 Å². The number of hydrogen-bond donors (Lipinski definition) is 2. The number of carbonyl (C=O) groups is 2. The zero-order valence-corrected chi connectivity index (χ0v) is 29.0. The molecule has 0 aliphatic carbocycles. The molecule has 5 rings (SSSR count). The number of rotatable bonds is 8. The van der Waals surface area contributed by atoms with E-state index in [0.717, 1.165) is 28.1 Å². The van der Waals surface area contributed by atoms with E-state index >= 15 is 0 Å². The Morgan fingerprint density at radius 1 is 0.936 bits per heavy atom. The molecule has 1 aliphatic rings. The van der Waals surface area contributed by atoms with Gasteiger partial charge in [0, 0.05) is 24.1 Å². The number of ether oxygens (including phenoxy) is 1. The quantitative estimate of drug-likeness (QED) is 0.211. The highest BCUT2D eigenvalue weighted by Gasteiger charge is 2.58. The van der Waals surface area contributed by atoms with Gasteiger partial charge in [-0.25, -0.2) is 9.48 Å². The molecule has 1 fully saturated rings. The van der Waals surface area contributed by atoms with Gasteiger partial charge in [-0.3, -0.25) is 4.79 Å². The molecule has 0 spiro atoms. The molecule has 2 N–H and O–H groups in total. The van der Waals surface area contributed by atoms with Crippen LogP contribution in [-0.2, 0) is 16.8 Å². The second-order valence-corrected chi connectivity index (χ2v) is 14.8. The number of methoxy groups -OCH3 is 1. The van der Waals surface area contributed by atoms with Crippen LogP contribution in [0.3, 0.4) is 0 Å². The predicted molar refractivity (Wildman–Crippen MR) is 185 cm³/mol. The highest BCUT2D eigenvalue weighted by Crippen LogP contribution is 2.49. The average Bonchev–Trinajstić information content (AvgIpc) is 3.58. The van der Waals surface area contributed by atoms with Crippen molar-refractivity contribution < 1.29 is 19.4 Å². The normalized spacial score (nSPS) is 20.0. The lowest BCUT2D eigenvalue weighted by Gasteiger charge is -2.35. The number of benzene rings is 3. The van der Waals surface area contributed by atoms with Crippen LogP contribution in [0.2, 0.25) is 0 Å². The zero-order valence-electron chi connectivity index (χ0n) is 29.0. The van der Waals surface area contributed by atoms with Gasteiger partial charge in [-0.1, -0.05) is 102 Å². The second kappa shape index (κ2) is 13.0. The van der Waals surface area contributed by atoms with Gasteiger partial charge in [-0.2, -0.15) is 5.10 Å². The van der Waals surface area contributed by atoms with Crippen LogP contribution in [0.4, 0.5) is 0 Å². The molecule has 3 aromatic carbocycles. The summed E-state index contributed by atoms with van der Waals surface area (Å²) >= 11 is 0. The third-order valence-electron chi connectivity index (χ3n) is 9.55. The molecular formula is C39H48N4O4. The first-order valence-electron chi connectivity index (χ1n) is 16.3. The summed E-state index contributed by atoms with van der Waals surface area (Å²) in [6, 6.07) is 21.8. The number of nitrogens with zero attached hydrogens (tertiary/aromatic N) is 3. The summed E-state index contributed by atoms with van der Waals surface area (Å²) in [5.41, 5.74) is 5.43. The molecule has 1 saturated heterocycles. The van der Waals surface area contributed by atoms with Gasteiger partial charge < -0.3 is 20.1 Å². The molecule has 8 nitrogen and oxygen atoms in total. The first kappa shape index (κ1) is 33.9. The minimum absolute atomic E-state index is 0.0624. The number of amides is 1. The molecule has 0 unspecified atom stereocenters.